The lowest BCUT2D eigenvalue weighted by Gasteiger charge is -2.35. The van der Waals surface area contributed by atoms with E-state index in [2.05, 4.69) is 10.2 Å². The molecule has 0 aliphatic carbocycles. The van der Waals surface area contributed by atoms with E-state index in [0.717, 1.165) is 45.5 Å². The van der Waals surface area contributed by atoms with Crippen LogP contribution in [0.15, 0.2) is 91.1 Å². The highest BCUT2D eigenvalue weighted by Gasteiger charge is 2.30. The summed E-state index contributed by atoms with van der Waals surface area (Å²) in [6.07, 6.45) is -2.55. The van der Waals surface area contributed by atoms with E-state index in [1.165, 1.54) is 12.1 Å². The zero-order valence-electron chi connectivity index (χ0n) is 24.0. The van der Waals surface area contributed by atoms with Crippen molar-refractivity contribution in [2.24, 2.45) is 0 Å². The Morgan fingerprint density at radius 3 is 2.19 bits per heavy atom. The monoisotopic (exact) mass is 583 g/mol. The lowest BCUT2D eigenvalue weighted by atomic mass is 10.0. The van der Waals surface area contributed by atoms with Crippen LogP contribution in [0.25, 0.3) is 28.0 Å². The van der Waals surface area contributed by atoms with Gasteiger partial charge in [0.1, 0.15) is 5.65 Å². The van der Waals surface area contributed by atoms with Gasteiger partial charge in [-0.3, -0.25) is 4.90 Å². The van der Waals surface area contributed by atoms with Gasteiger partial charge in [0.15, 0.2) is 0 Å². The summed E-state index contributed by atoms with van der Waals surface area (Å²) in [4.78, 5) is 22.1. The fraction of sp³-hybridized carbons (Fsp3) is 0.235. The minimum absolute atomic E-state index is 0.109. The number of halogens is 3. The third-order valence-corrected chi connectivity index (χ3v) is 8.03. The number of carbonyl (C=O) groups is 1. The number of imidazole rings is 1. The van der Waals surface area contributed by atoms with Gasteiger partial charge in [-0.25, -0.2) is 9.78 Å². The molecule has 2 amide bonds. The summed E-state index contributed by atoms with van der Waals surface area (Å²) in [5.74, 6) is 0. The number of aromatic nitrogens is 2. The molecule has 1 aliphatic rings. The summed E-state index contributed by atoms with van der Waals surface area (Å²) in [5.41, 5.74) is 6.84. The van der Waals surface area contributed by atoms with Crippen LogP contribution < -0.4 is 5.32 Å². The predicted molar refractivity (Wildman–Crippen MR) is 163 cm³/mol. The Balaban J connectivity index is 1.26. The Labute approximate surface area is 248 Å². The number of piperazine rings is 1. The number of urea groups is 1. The number of benzene rings is 3. The van der Waals surface area contributed by atoms with E-state index in [9.17, 15) is 18.0 Å². The zero-order valence-corrected chi connectivity index (χ0v) is 24.0. The van der Waals surface area contributed by atoms with Crippen LogP contribution in [0.3, 0.4) is 0 Å². The molecule has 220 valence electrons. The first kappa shape index (κ1) is 28.5. The van der Waals surface area contributed by atoms with Gasteiger partial charge < -0.3 is 14.6 Å². The van der Waals surface area contributed by atoms with E-state index in [4.69, 9.17) is 4.98 Å². The molecule has 0 bridgehead atoms. The van der Waals surface area contributed by atoms with Gasteiger partial charge in [-0.1, -0.05) is 60.7 Å². The minimum Gasteiger partial charge on any atom is -0.322 e. The molecule has 0 atom stereocenters. The molecule has 6 nitrogen and oxygen atoms in total. The van der Waals surface area contributed by atoms with Crippen molar-refractivity contribution in [1.82, 2.24) is 19.2 Å². The third kappa shape index (κ3) is 5.99. The van der Waals surface area contributed by atoms with Crippen LogP contribution in [0.5, 0.6) is 0 Å². The molecule has 1 fully saturated rings. The zero-order chi connectivity index (χ0) is 30.1. The molecule has 2 aromatic heterocycles. The van der Waals surface area contributed by atoms with Crippen molar-refractivity contribution in [3.8, 4) is 22.4 Å². The molecular weight excluding hydrogens is 551 g/mol. The maximum absolute atomic E-state index is 13.4. The van der Waals surface area contributed by atoms with Crippen molar-refractivity contribution < 1.29 is 18.0 Å². The highest BCUT2D eigenvalue weighted by Crippen LogP contribution is 2.33. The second-order valence-corrected chi connectivity index (χ2v) is 11.0. The topological polar surface area (TPSA) is 52.9 Å². The number of aryl methyl sites for hydroxylation is 2. The van der Waals surface area contributed by atoms with Crippen LogP contribution in [-0.2, 0) is 12.7 Å². The maximum atomic E-state index is 13.4. The Kier molecular flexibility index (Phi) is 7.66. The highest BCUT2D eigenvalue weighted by atomic mass is 19.4. The van der Waals surface area contributed by atoms with Gasteiger partial charge in [-0.15, -0.1) is 0 Å². The lowest BCUT2D eigenvalue weighted by molar-refractivity contribution is -0.137. The van der Waals surface area contributed by atoms with Crippen LogP contribution in [0, 0.1) is 13.8 Å². The lowest BCUT2D eigenvalue weighted by Crippen LogP contribution is -2.49. The summed E-state index contributed by atoms with van der Waals surface area (Å²) in [6, 6.07) is 24.8. The van der Waals surface area contributed by atoms with E-state index >= 15 is 0 Å². The summed E-state index contributed by atoms with van der Waals surface area (Å²) in [6.45, 7) is 7.04. The van der Waals surface area contributed by atoms with Crippen LogP contribution >= 0.6 is 0 Å². The van der Waals surface area contributed by atoms with Crippen molar-refractivity contribution in [3.05, 3.63) is 114 Å². The molecule has 43 heavy (non-hydrogen) atoms. The Morgan fingerprint density at radius 2 is 1.49 bits per heavy atom. The van der Waals surface area contributed by atoms with Crippen LogP contribution in [0.4, 0.5) is 23.7 Å². The first-order chi connectivity index (χ1) is 20.7. The average molecular weight is 584 g/mol. The number of hydrogen-bond donors (Lipinski definition) is 1. The van der Waals surface area contributed by atoms with E-state index in [0.29, 0.717) is 43.9 Å². The van der Waals surface area contributed by atoms with Gasteiger partial charge in [0.2, 0.25) is 0 Å². The van der Waals surface area contributed by atoms with Gasteiger partial charge in [0.05, 0.1) is 17.0 Å². The van der Waals surface area contributed by atoms with Crippen molar-refractivity contribution in [3.63, 3.8) is 0 Å². The van der Waals surface area contributed by atoms with E-state index in [1.54, 1.807) is 6.07 Å². The first-order valence-corrected chi connectivity index (χ1v) is 14.3. The molecule has 1 N–H and O–H groups in total. The molecule has 0 saturated carbocycles. The van der Waals surface area contributed by atoms with Crippen LogP contribution in [0.1, 0.15) is 22.4 Å². The summed E-state index contributed by atoms with van der Waals surface area (Å²) >= 11 is 0. The number of alkyl halides is 3. The molecule has 0 radical (unpaired) electrons. The molecule has 0 spiro atoms. The Bertz CT molecular complexity index is 1750. The number of carbonyl (C=O) groups excluding carboxylic acids is 1. The number of nitrogens with one attached hydrogen (secondary N) is 1. The number of anilines is 1. The number of fused-ring (bicyclic) bond motifs is 1. The highest BCUT2D eigenvalue weighted by molar-refractivity contribution is 5.91. The summed E-state index contributed by atoms with van der Waals surface area (Å²) < 4.78 is 42.3. The average Bonchev–Trinajstić information content (AvgIpc) is 3.37. The summed E-state index contributed by atoms with van der Waals surface area (Å²) in [7, 11) is 0. The Hall–Kier alpha value is -4.63. The maximum Gasteiger partial charge on any atom is 0.416 e. The quantitative estimate of drug-likeness (QED) is 0.231. The number of amides is 2. The van der Waals surface area contributed by atoms with Gasteiger partial charge in [-0.2, -0.15) is 13.2 Å². The molecule has 3 heterocycles. The SMILES string of the molecule is Cc1cccc(C)c1NC(=O)N1CCN(Cc2c(-c3ccccc3)nc3ccc(-c4cccc(C(F)(F)F)c4)cn23)CC1. The standard InChI is InChI=1S/C34H32F3N5O/c1-23-8-6-9-24(2)31(23)39-33(43)41-18-16-40(17-19-41)22-29-32(25-10-4-3-5-11-25)38-30-15-14-27(21-42(29)30)26-12-7-13-28(20-26)34(35,36)37/h3-15,20-21H,16-19,22H2,1-2H3,(H,39,43). The first-order valence-electron chi connectivity index (χ1n) is 14.3. The minimum atomic E-state index is -4.42. The van der Waals surface area contributed by atoms with E-state index in [1.807, 2.05) is 90.0 Å². The molecule has 0 unspecified atom stereocenters. The molecule has 5 aromatic rings. The molecule has 6 rings (SSSR count). The van der Waals surface area contributed by atoms with Gasteiger partial charge >= 0.3 is 12.2 Å². The van der Waals surface area contributed by atoms with Crippen LogP contribution in [0.2, 0.25) is 0 Å². The molecule has 1 aliphatic heterocycles. The van der Waals surface area contributed by atoms with Crippen molar-refractivity contribution in [2.45, 2.75) is 26.6 Å². The fourth-order valence-electron chi connectivity index (χ4n) is 5.64. The number of pyridine rings is 1. The molecule has 1 saturated heterocycles. The number of nitrogens with zero attached hydrogens (tertiary/aromatic N) is 4. The normalized spacial score (nSPS) is 14.3. The van der Waals surface area contributed by atoms with E-state index < -0.39 is 11.7 Å². The molecule has 9 heteroatoms. The number of para-hydroxylation sites is 1. The second-order valence-electron chi connectivity index (χ2n) is 11.0. The van der Waals surface area contributed by atoms with Crippen LogP contribution in [-0.4, -0.2) is 51.4 Å². The molecular formula is C34H32F3N5O. The van der Waals surface area contributed by atoms with Crippen molar-refractivity contribution in [1.29, 1.82) is 0 Å². The smallest absolute Gasteiger partial charge is 0.322 e. The number of hydrogen-bond acceptors (Lipinski definition) is 3. The van der Waals surface area contributed by atoms with Gasteiger partial charge in [0.25, 0.3) is 0 Å². The molecule has 3 aromatic carbocycles. The summed E-state index contributed by atoms with van der Waals surface area (Å²) in [5, 5.41) is 3.08. The van der Waals surface area contributed by atoms with Crippen molar-refractivity contribution in [2.75, 3.05) is 31.5 Å². The van der Waals surface area contributed by atoms with Gasteiger partial charge in [-0.05, 0) is 60.4 Å². The fourth-order valence-corrected chi connectivity index (χ4v) is 5.64. The predicted octanol–water partition coefficient (Wildman–Crippen LogP) is 7.65. The third-order valence-electron chi connectivity index (χ3n) is 8.03. The van der Waals surface area contributed by atoms with E-state index in [-0.39, 0.29) is 6.03 Å². The Morgan fingerprint density at radius 1 is 0.814 bits per heavy atom. The second kappa shape index (κ2) is 11.6. The van der Waals surface area contributed by atoms with Crippen molar-refractivity contribution >= 4 is 17.4 Å². The largest absolute Gasteiger partial charge is 0.416 e. The number of rotatable bonds is 5. The van der Waals surface area contributed by atoms with Gasteiger partial charge in [0, 0.05) is 50.2 Å².